The van der Waals surface area contributed by atoms with Crippen molar-refractivity contribution < 1.29 is 4.52 Å². The average molecular weight is 276 g/mol. The molecule has 2 aromatic rings. The maximum atomic E-state index is 5.88. The highest BCUT2D eigenvalue weighted by atomic mass is 35.5. The van der Waals surface area contributed by atoms with E-state index in [1.807, 2.05) is 24.3 Å². The third-order valence-electron chi connectivity index (χ3n) is 4.16. The summed E-state index contributed by atoms with van der Waals surface area (Å²) in [5.41, 5.74) is 0.940. The van der Waals surface area contributed by atoms with Gasteiger partial charge in [-0.2, -0.15) is 4.98 Å². The van der Waals surface area contributed by atoms with Crippen molar-refractivity contribution in [3.63, 3.8) is 0 Å². The molecule has 3 unspecified atom stereocenters. The molecule has 2 saturated heterocycles. The number of hydrogen-bond donors (Lipinski definition) is 1. The molecule has 1 aromatic carbocycles. The van der Waals surface area contributed by atoms with Crippen LogP contribution in [0.25, 0.3) is 11.4 Å². The van der Waals surface area contributed by atoms with Crippen LogP contribution in [0.4, 0.5) is 0 Å². The molecule has 2 fully saturated rings. The van der Waals surface area contributed by atoms with Gasteiger partial charge in [0.1, 0.15) is 0 Å². The van der Waals surface area contributed by atoms with Crippen molar-refractivity contribution in [2.75, 3.05) is 0 Å². The van der Waals surface area contributed by atoms with Crippen molar-refractivity contribution in [3.05, 3.63) is 35.2 Å². The second-order valence-corrected chi connectivity index (χ2v) is 5.79. The summed E-state index contributed by atoms with van der Waals surface area (Å²) in [6.45, 7) is 0. The second kappa shape index (κ2) is 4.32. The summed E-state index contributed by atoms with van der Waals surface area (Å²) in [6, 6.07) is 8.66. The molecule has 2 aliphatic heterocycles. The fourth-order valence-corrected chi connectivity index (χ4v) is 3.33. The van der Waals surface area contributed by atoms with Gasteiger partial charge in [0.25, 0.3) is 0 Å². The Morgan fingerprint density at radius 2 is 2.05 bits per heavy atom. The molecular weight excluding hydrogens is 262 g/mol. The van der Waals surface area contributed by atoms with Gasteiger partial charge in [0, 0.05) is 22.7 Å². The molecule has 0 saturated carbocycles. The molecular formula is C14H14ClN3O. The summed E-state index contributed by atoms with van der Waals surface area (Å²) in [5.74, 6) is 1.80. The molecule has 0 aliphatic carbocycles. The number of rotatable bonds is 2. The minimum atomic E-state index is 0.382. The zero-order chi connectivity index (χ0) is 12.8. The first-order chi connectivity index (χ1) is 9.29. The standard InChI is InChI=1S/C14H14ClN3O/c15-9-3-1-8(2-4-9)13-17-14(19-18-13)11-7-10-5-6-12(11)16-10/h1-4,10-12,16H,5-7H2. The van der Waals surface area contributed by atoms with E-state index in [-0.39, 0.29) is 0 Å². The van der Waals surface area contributed by atoms with Gasteiger partial charge in [-0.05, 0) is 43.5 Å². The first-order valence-electron chi connectivity index (χ1n) is 6.65. The van der Waals surface area contributed by atoms with Gasteiger partial charge < -0.3 is 9.84 Å². The van der Waals surface area contributed by atoms with Crippen molar-refractivity contribution in [1.82, 2.24) is 15.5 Å². The van der Waals surface area contributed by atoms with Crippen LogP contribution in [-0.4, -0.2) is 22.2 Å². The molecule has 1 N–H and O–H groups in total. The number of benzene rings is 1. The van der Waals surface area contributed by atoms with Gasteiger partial charge in [0.05, 0.1) is 5.92 Å². The van der Waals surface area contributed by atoms with Crippen molar-refractivity contribution >= 4 is 11.6 Å². The summed E-state index contributed by atoms with van der Waals surface area (Å²) in [7, 11) is 0. The minimum Gasteiger partial charge on any atom is -0.339 e. The van der Waals surface area contributed by atoms with Gasteiger partial charge in [0.2, 0.25) is 11.7 Å². The van der Waals surface area contributed by atoms with E-state index in [9.17, 15) is 0 Å². The predicted octanol–water partition coefficient (Wildman–Crippen LogP) is 3.00. The molecule has 0 radical (unpaired) electrons. The molecule has 2 aliphatic rings. The highest BCUT2D eigenvalue weighted by molar-refractivity contribution is 6.30. The molecule has 3 atom stereocenters. The fourth-order valence-electron chi connectivity index (χ4n) is 3.20. The van der Waals surface area contributed by atoms with E-state index in [0.717, 1.165) is 17.9 Å². The molecule has 3 heterocycles. The van der Waals surface area contributed by atoms with E-state index >= 15 is 0 Å². The summed E-state index contributed by atoms with van der Waals surface area (Å²) in [6.07, 6.45) is 3.61. The highest BCUT2D eigenvalue weighted by Gasteiger charge is 2.42. The van der Waals surface area contributed by atoms with E-state index in [1.165, 1.54) is 12.8 Å². The van der Waals surface area contributed by atoms with Gasteiger partial charge in [-0.1, -0.05) is 16.8 Å². The van der Waals surface area contributed by atoms with E-state index in [4.69, 9.17) is 16.1 Å². The quantitative estimate of drug-likeness (QED) is 0.915. The van der Waals surface area contributed by atoms with Crippen LogP contribution >= 0.6 is 11.6 Å². The summed E-state index contributed by atoms with van der Waals surface area (Å²) < 4.78 is 5.45. The molecule has 19 heavy (non-hydrogen) atoms. The Labute approximate surface area is 116 Å². The second-order valence-electron chi connectivity index (χ2n) is 5.35. The highest BCUT2D eigenvalue weighted by Crippen LogP contribution is 2.39. The smallest absolute Gasteiger partial charge is 0.231 e. The Morgan fingerprint density at radius 3 is 2.74 bits per heavy atom. The number of hydrogen-bond acceptors (Lipinski definition) is 4. The molecule has 0 amide bonds. The first-order valence-corrected chi connectivity index (χ1v) is 7.03. The number of nitrogens with one attached hydrogen (secondary N) is 1. The Balaban J connectivity index is 1.61. The van der Waals surface area contributed by atoms with E-state index in [1.54, 1.807) is 0 Å². The predicted molar refractivity (Wildman–Crippen MR) is 72.0 cm³/mol. The summed E-state index contributed by atoms with van der Waals surface area (Å²) in [5, 5.41) is 8.39. The third kappa shape index (κ3) is 1.95. The van der Waals surface area contributed by atoms with Crippen LogP contribution < -0.4 is 5.32 Å². The van der Waals surface area contributed by atoms with Crippen LogP contribution in [0.2, 0.25) is 5.02 Å². The zero-order valence-electron chi connectivity index (χ0n) is 10.3. The van der Waals surface area contributed by atoms with Crippen LogP contribution in [0, 0.1) is 0 Å². The van der Waals surface area contributed by atoms with Gasteiger partial charge >= 0.3 is 0 Å². The Kier molecular flexibility index (Phi) is 2.60. The minimum absolute atomic E-state index is 0.382. The molecule has 5 heteroatoms. The molecule has 98 valence electrons. The van der Waals surface area contributed by atoms with Crippen molar-refractivity contribution in [3.8, 4) is 11.4 Å². The summed E-state index contributed by atoms with van der Waals surface area (Å²) in [4.78, 5) is 4.55. The number of nitrogens with zero attached hydrogens (tertiary/aromatic N) is 2. The Hall–Kier alpha value is -1.39. The van der Waals surface area contributed by atoms with E-state index in [0.29, 0.717) is 28.8 Å². The van der Waals surface area contributed by atoms with Gasteiger partial charge in [-0.15, -0.1) is 0 Å². The monoisotopic (exact) mass is 275 g/mol. The summed E-state index contributed by atoms with van der Waals surface area (Å²) >= 11 is 5.88. The van der Waals surface area contributed by atoms with Gasteiger partial charge in [0.15, 0.2) is 0 Å². The van der Waals surface area contributed by atoms with Crippen LogP contribution in [0.15, 0.2) is 28.8 Å². The molecule has 0 spiro atoms. The molecule has 4 nitrogen and oxygen atoms in total. The Bertz CT molecular complexity index is 595. The van der Waals surface area contributed by atoms with Crippen LogP contribution in [0.5, 0.6) is 0 Å². The largest absolute Gasteiger partial charge is 0.339 e. The fraction of sp³-hybridized carbons (Fsp3) is 0.429. The lowest BCUT2D eigenvalue weighted by molar-refractivity contribution is 0.329. The van der Waals surface area contributed by atoms with Crippen molar-refractivity contribution in [2.45, 2.75) is 37.3 Å². The maximum Gasteiger partial charge on any atom is 0.231 e. The first kappa shape index (κ1) is 11.4. The number of aromatic nitrogens is 2. The maximum absolute atomic E-state index is 5.88. The SMILES string of the molecule is Clc1ccc(-c2noc(C3CC4CCC3N4)n2)cc1. The number of fused-ring (bicyclic) bond motifs is 2. The molecule has 4 rings (SSSR count). The Morgan fingerprint density at radius 1 is 1.21 bits per heavy atom. The third-order valence-corrected chi connectivity index (χ3v) is 4.41. The van der Waals surface area contributed by atoms with Crippen LogP contribution in [0.1, 0.15) is 31.1 Å². The van der Waals surface area contributed by atoms with Gasteiger partial charge in [-0.3, -0.25) is 0 Å². The van der Waals surface area contributed by atoms with Crippen LogP contribution in [-0.2, 0) is 0 Å². The molecule has 2 bridgehead atoms. The van der Waals surface area contributed by atoms with Gasteiger partial charge in [-0.25, -0.2) is 0 Å². The van der Waals surface area contributed by atoms with Crippen molar-refractivity contribution in [1.29, 1.82) is 0 Å². The normalized spacial score (nSPS) is 29.0. The van der Waals surface area contributed by atoms with E-state index < -0.39 is 0 Å². The van der Waals surface area contributed by atoms with Crippen molar-refractivity contribution in [2.24, 2.45) is 0 Å². The lowest BCUT2D eigenvalue weighted by atomic mass is 9.89. The zero-order valence-corrected chi connectivity index (χ0v) is 11.1. The topological polar surface area (TPSA) is 51.0 Å². The molecule has 1 aromatic heterocycles. The van der Waals surface area contributed by atoms with E-state index in [2.05, 4.69) is 15.5 Å². The average Bonchev–Trinajstić information content (AvgIpc) is 3.15. The lowest BCUT2D eigenvalue weighted by Gasteiger charge is -2.15. The lowest BCUT2D eigenvalue weighted by Crippen LogP contribution is -2.21. The number of halogens is 1. The van der Waals surface area contributed by atoms with Crippen LogP contribution in [0.3, 0.4) is 0 Å².